The van der Waals surface area contributed by atoms with Crippen molar-refractivity contribution in [3.05, 3.63) is 28.7 Å². The summed E-state index contributed by atoms with van der Waals surface area (Å²) in [7, 11) is 0. The van der Waals surface area contributed by atoms with Crippen LogP contribution in [0.25, 0.3) is 0 Å². The smallest absolute Gasteiger partial charge is 0.229 e. The van der Waals surface area contributed by atoms with Crippen LogP contribution in [-0.4, -0.2) is 26.7 Å². The molecule has 3 heterocycles. The first-order valence-electron chi connectivity index (χ1n) is 7.55. The normalized spacial score (nSPS) is 19.8. The lowest BCUT2D eigenvalue weighted by Crippen LogP contribution is -2.24. The molecule has 1 saturated heterocycles. The lowest BCUT2D eigenvalue weighted by Gasteiger charge is -2.21. The van der Waals surface area contributed by atoms with E-state index in [9.17, 15) is 0 Å². The second-order valence-electron chi connectivity index (χ2n) is 6.08. The molecular weight excluding hydrogens is 268 g/mol. The van der Waals surface area contributed by atoms with Crippen molar-refractivity contribution in [2.24, 2.45) is 0 Å². The number of hydrogen-bond donors (Lipinski definition) is 0. The largest absolute Gasteiger partial charge is 0.361 e. The third-order valence-corrected chi connectivity index (χ3v) is 4.16. The molecule has 0 N–H and O–H groups in total. The lowest BCUT2D eigenvalue weighted by atomic mass is 10.1. The van der Waals surface area contributed by atoms with E-state index >= 15 is 0 Å². The summed E-state index contributed by atoms with van der Waals surface area (Å²) in [6.45, 7) is 9.95. The van der Waals surface area contributed by atoms with Gasteiger partial charge in [0.25, 0.3) is 0 Å². The Balaban J connectivity index is 1.79. The predicted octanol–water partition coefficient (Wildman–Crippen LogP) is 3.13. The third kappa shape index (κ3) is 2.72. The van der Waals surface area contributed by atoms with Crippen LogP contribution in [0, 0.1) is 13.8 Å². The van der Waals surface area contributed by atoms with Crippen LogP contribution in [0.4, 0.5) is 0 Å². The summed E-state index contributed by atoms with van der Waals surface area (Å²) in [5, 5.41) is 8.21. The zero-order valence-electron chi connectivity index (χ0n) is 13.1. The van der Waals surface area contributed by atoms with Crippen molar-refractivity contribution in [3.8, 4) is 0 Å². The Morgan fingerprint density at radius 3 is 2.67 bits per heavy atom. The fraction of sp³-hybridized carbons (Fsp3) is 0.667. The quantitative estimate of drug-likeness (QED) is 0.861. The van der Waals surface area contributed by atoms with Gasteiger partial charge in [-0.1, -0.05) is 24.2 Å². The summed E-state index contributed by atoms with van der Waals surface area (Å²) in [6, 6.07) is 0.231. The van der Waals surface area contributed by atoms with Gasteiger partial charge in [0.05, 0.1) is 11.7 Å². The van der Waals surface area contributed by atoms with Gasteiger partial charge in [-0.25, -0.2) is 0 Å². The van der Waals surface area contributed by atoms with Gasteiger partial charge in [-0.15, -0.1) is 0 Å². The van der Waals surface area contributed by atoms with E-state index in [1.807, 2.05) is 13.8 Å². The maximum absolute atomic E-state index is 5.35. The van der Waals surface area contributed by atoms with Gasteiger partial charge in [-0.2, -0.15) is 4.98 Å². The summed E-state index contributed by atoms with van der Waals surface area (Å²) in [4.78, 5) is 6.95. The van der Waals surface area contributed by atoms with Crippen molar-refractivity contribution in [2.45, 2.75) is 59.0 Å². The first-order valence-corrected chi connectivity index (χ1v) is 7.55. The minimum absolute atomic E-state index is 0.231. The molecule has 2 aromatic rings. The number of aryl methyl sites for hydroxylation is 2. The van der Waals surface area contributed by atoms with E-state index in [2.05, 4.69) is 34.0 Å². The molecule has 0 radical (unpaired) electrons. The molecule has 0 amide bonds. The van der Waals surface area contributed by atoms with Gasteiger partial charge in [-0.3, -0.25) is 4.90 Å². The van der Waals surface area contributed by atoms with Gasteiger partial charge in [0.2, 0.25) is 5.89 Å². The molecule has 6 heteroatoms. The molecule has 0 saturated carbocycles. The molecule has 0 bridgehead atoms. The maximum Gasteiger partial charge on any atom is 0.229 e. The Kier molecular flexibility index (Phi) is 3.80. The minimum atomic E-state index is 0.231. The van der Waals surface area contributed by atoms with Crippen molar-refractivity contribution in [2.75, 3.05) is 6.54 Å². The molecular formula is C15H22N4O2. The Morgan fingerprint density at radius 2 is 2.05 bits per heavy atom. The standard InChI is InChI=1S/C15H22N4O2/c1-9(2)15-16-14(18-21-15)13-6-5-7-19(13)8-12-10(3)17-20-11(12)4/h9,13H,5-8H2,1-4H3. The predicted molar refractivity (Wildman–Crippen MR) is 76.7 cm³/mol. The fourth-order valence-corrected chi connectivity index (χ4v) is 2.86. The monoisotopic (exact) mass is 290 g/mol. The van der Waals surface area contributed by atoms with Crippen molar-refractivity contribution < 1.29 is 9.05 Å². The van der Waals surface area contributed by atoms with Crippen LogP contribution in [-0.2, 0) is 6.54 Å². The van der Waals surface area contributed by atoms with Crippen LogP contribution in [0.5, 0.6) is 0 Å². The summed E-state index contributed by atoms with van der Waals surface area (Å²) in [6.07, 6.45) is 2.22. The molecule has 1 atom stereocenters. The number of likely N-dealkylation sites (tertiary alicyclic amines) is 1. The number of aromatic nitrogens is 3. The Morgan fingerprint density at radius 1 is 1.24 bits per heavy atom. The second-order valence-corrected chi connectivity index (χ2v) is 6.08. The Bertz CT molecular complexity index is 597. The molecule has 1 aliphatic rings. The van der Waals surface area contributed by atoms with Gasteiger partial charge < -0.3 is 9.05 Å². The SMILES string of the molecule is Cc1noc(C)c1CN1CCCC1c1noc(C(C)C)n1. The fourth-order valence-electron chi connectivity index (χ4n) is 2.86. The molecule has 1 aliphatic heterocycles. The average Bonchev–Trinajstić information content (AvgIpc) is 3.14. The van der Waals surface area contributed by atoms with E-state index in [0.717, 1.165) is 43.2 Å². The molecule has 21 heavy (non-hydrogen) atoms. The second kappa shape index (κ2) is 5.60. The van der Waals surface area contributed by atoms with Crippen LogP contribution in [0.15, 0.2) is 9.05 Å². The van der Waals surface area contributed by atoms with Crippen molar-refractivity contribution in [3.63, 3.8) is 0 Å². The topological polar surface area (TPSA) is 68.2 Å². The van der Waals surface area contributed by atoms with E-state index in [4.69, 9.17) is 9.05 Å². The summed E-state index contributed by atoms with van der Waals surface area (Å²) < 4.78 is 10.6. The number of rotatable bonds is 4. The minimum Gasteiger partial charge on any atom is -0.361 e. The highest BCUT2D eigenvalue weighted by molar-refractivity contribution is 5.21. The molecule has 114 valence electrons. The van der Waals surface area contributed by atoms with Gasteiger partial charge in [0.15, 0.2) is 5.82 Å². The van der Waals surface area contributed by atoms with Gasteiger partial charge in [0, 0.05) is 18.0 Å². The van der Waals surface area contributed by atoms with Crippen LogP contribution >= 0.6 is 0 Å². The molecule has 0 aromatic carbocycles. The summed E-state index contributed by atoms with van der Waals surface area (Å²) >= 11 is 0. The lowest BCUT2D eigenvalue weighted by molar-refractivity contribution is 0.232. The first kappa shape index (κ1) is 14.3. The highest BCUT2D eigenvalue weighted by Gasteiger charge is 2.31. The number of nitrogens with zero attached hydrogens (tertiary/aromatic N) is 4. The summed E-state index contributed by atoms with van der Waals surface area (Å²) in [5.74, 6) is 2.69. The van der Waals surface area contributed by atoms with E-state index in [1.54, 1.807) is 0 Å². The third-order valence-electron chi connectivity index (χ3n) is 4.16. The summed E-state index contributed by atoms with van der Waals surface area (Å²) in [5.41, 5.74) is 2.14. The molecule has 3 rings (SSSR count). The Labute approximate surface area is 124 Å². The average molecular weight is 290 g/mol. The highest BCUT2D eigenvalue weighted by Crippen LogP contribution is 2.33. The van der Waals surface area contributed by atoms with Crippen molar-refractivity contribution in [1.82, 2.24) is 20.2 Å². The maximum atomic E-state index is 5.35. The molecule has 1 unspecified atom stereocenters. The number of hydrogen-bond acceptors (Lipinski definition) is 6. The van der Waals surface area contributed by atoms with Crippen molar-refractivity contribution >= 4 is 0 Å². The van der Waals surface area contributed by atoms with Gasteiger partial charge >= 0.3 is 0 Å². The van der Waals surface area contributed by atoms with E-state index < -0.39 is 0 Å². The molecule has 2 aromatic heterocycles. The van der Waals surface area contributed by atoms with E-state index in [0.29, 0.717) is 5.89 Å². The van der Waals surface area contributed by atoms with Gasteiger partial charge in [0.1, 0.15) is 5.76 Å². The molecule has 0 aliphatic carbocycles. The van der Waals surface area contributed by atoms with Crippen LogP contribution in [0.1, 0.15) is 67.4 Å². The molecule has 1 fully saturated rings. The zero-order valence-corrected chi connectivity index (χ0v) is 13.1. The van der Waals surface area contributed by atoms with E-state index in [-0.39, 0.29) is 12.0 Å². The van der Waals surface area contributed by atoms with Crippen LogP contribution < -0.4 is 0 Å². The zero-order chi connectivity index (χ0) is 15.0. The van der Waals surface area contributed by atoms with E-state index in [1.165, 1.54) is 5.56 Å². The van der Waals surface area contributed by atoms with Crippen LogP contribution in [0.2, 0.25) is 0 Å². The van der Waals surface area contributed by atoms with Crippen molar-refractivity contribution in [1.29, 1.82) is 0 Å². The highest BCUT2D eigenvalue weighted by atomic mass is 16.5. The molecule has 6 nitrogen and oxygen atoms in total. The van der Waals surface area contributed by atoms with Gasteiger partial charge in [-0.05, 0) is 33.2 Å². The first-order chi connectivity index (χ1) is 10.1. The molecule has 0 spiro atoms. The Hall–Kier alpha value is -1.69. The van der Waals surface area contributed by atoms with Crippen LogP contribution in [0.3, 0.4) is 0 Å².